The molecule has 0 amide bonds. The number of ketones is 2. The van der Waals surface area contributed by atoms with Gasteiger partial charge >= 0.3 is 0 Å². The van der Waals surface area contributed by atoms with Gasteiger partial charge in [-0.05, 0) is 26.8 Å². The first kappa shape index (κ1) is 18.3. The highest BCUT2D eigenvalue weighted by Crippen LogP contribution is 2.15. The van der Waals surface area contributed by atoms with Gasteiger partial charge in [0, 0.05) is 22.3 Å². The zero-order chi connectivity index (χ0) is 18.4. The summed E-state index contributed by atoms with van der Waals surface area (Å²) in [6, 6.07) is 14.2. The van der Waals surface area contributed by atoms with Gasteiger partial charge in [0.05, 0.1) is 0 Å². The molecule has 0 saturated carbocycles. The molecule has 0 bridgehead atoms. The van der Waals surface area contributed by atoms with Crippen LogP contribution in [0.1, 0.15) is 45.7 Å². The fraction of sp³-hybridized carbons (Fsp3) is 0.130. The first-order chi connectivity index (χ1) is 11.9. The summed E-state index contributed by atoms with van der Waals surface area (Å²) >= 11 is 0. The molecule has 0 fully saturated rings. The molecule has 0 N–H and O–H groups in total. The number of Topliss-reactive ketones (excluding diaryl/α,β-unsaturated/α-hetero) is 1. The van der Waals surface area contributed by atoms with Gasteiger partial charge in [-0.3, -0.25) is 9.59 Å². The maximum absolute atomic E-state index is 12.5. The van der Waals surface area contributed by atoms with Crippen LogP contribution in [0.3, 0.4) is 0 Å². The Hall–Kier alpha value is -3.00. The maximum Gasteiger partial charge on any atom is 0.193 e. The van der Waals surface area contributed by atoms with Gasteiger partial charge in [0.15, 0.2) is 11.6 Å². The Labute approximate surface area is 149 Å². The van der Waals surface area contributed by atoms with Crippen molar-refractivity contribution in [2.24, 2.45) is 0 Å². The first-order valence-electron chi connectivity index (χ1n) is 8.18. The van der Waals surface area contributed by atoms with Gasteiger partial charge in [0.25, 0.3) is 0 Å². The van der Waals surface area contributed by atoms with E-state index in [0.29, 0.717) is 22.3 Å². The number of carbonyl (C=O) groups excluding carboxylic acids is 2. The standard InChI is InChI=1S/C23H22O2/c1-5-16(2)9-10-18(4)22(24)19-11-13-20(14-12-19)23(25)21-8-6-7-17(3)15-21/h5-15H,4H2,1-3H3/b10-9-,16-5-. The highest BCUT2D eigenvalue weighted by Gasteiger charge is 2.12. The predicted molar refractivity (Wildman–Crippen MR) is 103 cm³/mol. The van der Waals surface area contributed by atoms with Gasteiger partial charge in [-0.15, -0.1) is 0 Å². The molecule has 2 rings (SSSR count). The van der Waals surface area contributed by atoms with E-state index < -0.39 is 0 Å². The van der Waals surface area contributed by atoms with E-state index in [0.717, 1.165) is 11.1 Å². The van der Waals surface area contributed by atoms with Crippen LogP contribution in [0.5, 0.6) is 0 Å². The van der Waals surface area contributed by atoms with Crippen LogP contribution in [-0.2, 0) is 0 Å². The quantitative estimate of drug-likeness (QED) is 0.399. The van der Waals surface area contributed by atoms with E-state index in [1.165, 1.54) is 0 Å². The van der Waals surface area contributed by atoms with Crippen molar-refractivity contribution < 1.29 is 9.59 Å². The Morgan fingerprint density at radius 3 is 2.16 bits per heavy atom. The largest absolute Gasteiger partial charge is 0.289 e. The molecule has 0 saturated heterocycles. The smallest absolute Gasteiger partial charge is 0.193 e. The lowest BCUT2D eigenvalue weighted by molar-refractivity contribution is 0.102. The molecule has 126 valence electrons. The number of hydrogen-bond donors (Lipinski definition) is 0. The summed E-state index contributed by atoms with van der Waals surface area (Å²) in [5, 5.41) is 0. The van der Waals surface area contributed by atoms with Crippen molar-refractivity contribution >= 4 is 11.6 Å². The van der Waals surface area contributed by atoms with Crippen LogP contribution >= 0.6 is 0 Å². The minimum Gasteiger partial charge on any atom is -0.289 e. The van der Waals surface area contributed by atoms with Crippen LogP contribution in [0.15, 0.2) is 84.5 Å². The summed E-state index contributed by atoms with van der Waals surface area (Å²) in [5.41, 5.74) is 4.25. The Balaban J connectivity index is 2.16. The van der Waals surface area contributed by atoms with E-state index in [-0.39, 0.29) is 11.6 Å². The van der Waals surface area contributed by atoms with Gasteiger partial charge in [-0.1, -0.05) is 78.4 Å². The third kappa shape index (κ3) is 4.74. The highest BCUT2D eigenvalue weighted by molar-refractivity contribution is 6.12. The summed E-state index contributed by atoms with van der Waals surface area (Å²) in [4.78, 5) is 24.9. The molecular formula is C23H22O2. The molecule has 0 heterocycles. The lowest BCUT2D eigenvalue weighted by Crippen LogP contribution is -2.04. The maximum atomic E-state index is 12.5. The van der Waals surface area contributed by atoms with Crippen molar-refractivity contribution in [1.29, 1.82) is 0 Å². The zero-order valence-corrected chi connectivity index (χ0v) is 14.9. The molecule has 0 spiro atoms. The monoisotopic (exact) mass is 330 g/mol. The minimum absolute atomic E-state index is 0.0508. The second-order valence-electron chi connectivity index (χ2n) is 6.00. The molecule has 0 aliphatic rings. The van der Waals surface area contributed by atoms with Crippen molar-refractivity contribution in [3.05, 3.63) is 107 Å². The van der Waals surface area contributed by atoms with Crippen LogP contribution in [0, 0.1) is 6.92 Å². The van der Waals surface area contributed by atoms with Crippen molar-refractivity contribution in [2.75, 3.05) is 0 Å². The molecule has 2 nitrogen and oxygen atoms in total. The second kappa shape index (κ2) is 8.20. The molecule has 2 aromatic rings. The Morgan fingerprint density at radius 2 is 1.56 bits per heavy atom. The van der Waals surface area contributed by atoms with Gasteiger partial charge in [0.2, 0.25) is 0 Å². The summed E-state index contributed by atoms with van der Waals surface area (Å²) < 4.78 is 0. The van der Waals surface area contributed by atoms with E-state index in [1.54, 1.807) is 36.4 Å². The minimum atomic E-state index is -0.144. The van der Waals surface area contributed by atoms with Gasteiger partial charge in [-0.25, -0.2) is 0 Å². The second-order valence-corrected chi connectivity index (χ2v) is 6.00. The number of rotatable bonds is 6. The molecule has 0 aliphatic heterocycles. The predicted octanol–water partition coefficient (Wildman–Crippen LogP) is 5.49. The molecule has 25 heavy (non-hydrogen) atoms. The Morgan fingerprint density at radius 1 is 0.920 bits per heavy atom. The van der Waals surface area contributed by atoms with Crippen LogP contribution in [0.2, 0.25) is 0 Å². The Bertz CT molecular complexity index is 865. The fourth-order valence-electron chi connectivity index (χ4n) is 2.32. The third-order valence-electron chi connectivity index (χ3n) is 3.98. The van der Waals surface area contributed by atoms with E-state index in [2.05, 4.69) is 6.58 Å². The van der Waals surface area contributed by atoms with Crippen molar-refractivity contribution in [3.63, 3.8) is 0 Å². The van der Waals surface area contributed by atoms with E-state index in [9.17, 15) is 9.59 Å². The van der Waals surface area contributed by atoms with Crippen molar-refractivity contribution in [3.8, 4) is 0 Å². The lowest BCUT2D eigenvalue weighted by Gasteiger charge is -2.05. The summed E-state index contributed by atoms with van der Waals surface area (Å²) in [7, 11) is 0. The summed E-state index contributed by atoms with van der Waals surface area (Å²) in [5.74, 6) is -0.195. The zero-order valence-electron chi connectivity index (χ0n) is 14.9. The van der Waals surface area contributed by atoms with Crippen LogP contribution < -0.4 is 0 Å². The van der Waals surface area contributed by atoms with E-state index >= 15 is 0 Å². The third-order valence-corrected chi connectivity index (χ3v) is 3.98. The molecule has 2 heteroatoms. The molecular weight excluding hydrogens is 308 g/mol. The van der Waals surface area contributed by atoms with Gasteiger partial charge in [0.1, 0.15) is 0 Å². The van der Waals surface area contributed by atoms with Crippen LogP contribution in [0.25, 0.3) is 0 Å². The number of hydrogen-bond acceptors (Lipinski definition) is 2. The number of carbonyl (C=O) groups is 2. The molecule has 0 aromatic heterocycles. The Kier molecular flexibility index (Phi) is 6.02. The van der Waals surface area contributed by atoms with Crippen LogP contribution in [0.4, 0.5) is 0 Å². The van der Waals surface area contributed by atoms with Crippen molar-refractivity contribution in [2.45, 2.75) is 20.8 Å². The topological polar surface area (TPSA) is 34.1 Å². The summed E-state index contributed by atoms with van der Waals surface area (Å²) in [6.07, 6.45) is 5.53. The number of allylic oxidation sites excluding steroid dienone is 5. The highest BCUT2D eigenvalue weighted by atomic mass is 16.1. The van der Waals surface area contributed by atoms with Gasteiger partial charge in [-0.2, -0.15) is 0 Å². The average Bonchev–Trinajstić information content (AvgIpc) is 2.64. The number of aryl methyl sites for hydroxylation is 1. The normalized spacial score (nSPS) is 11.6. The van der Waals surface area contributed by atoms with Crippen molar-refractivity contribution in [1.82, 2.24) is 0 Å². The van der Waals surface area contributed by atoms with E-state index in [4.69, 9.17) is 0 Å². The van der Waals surface area contributed by atoms with E-state index in [1.807, 2.05) is 51.1 Å². The molecule has 0 unspecified atom stereocenters. The first-order valence-corrected chi connectivity index (χ1v) is 8.18. The average molecular weight is 330 g/mol. The fourth-order valence-corrected chi connectivity index (χ4v) is 2.32. The lowest BCUT2D eigenvalue weighted by atomic mass is 9.98. The van der Waals surface area contributed by atoms with Gasteiger partial charge < -0.3 is 0 Å². The molecule has 2 aromatic carbocycles. The number of benzene rings is 2. The SMILES string of the molecule is C=C(/C=C\C(C)=C/C)C(=O)c1ccc(C(=O)c2cccc(C)c2)cc1. The van der Waals surface area contributed by atoms with Crippen LogP contribution in [-0.4, -0.2) is 11.6 Å². The summed E-state index contributed by atoms with van der Waals surface area (Å²) in [6.45, 7) is 9.67. The molecule has 0 atom stereocenters. The molecule has 0 radical (unpaired) electrons. The molecule has 0 aliphatic carbocycles.